The molecular formula is C62H38. The summed E-state index contributed by atoms with van der Waals surface area (Å²) in [6, 6.07) is 85.7. The van der Waals surface area contributed by atoms with Crippen LogP contribution in [0.3, 0.4) is 0 Å². The number of fused-ring (bicyclic) bond motifs is 13. The number of rotatable bonds is 4. The summed E-state index contributed by atoms with van der Waals surface area (Å²) in [5.41, 5.74) is 9.99. The van der Waals surface area contributed by atoms with Gasteiger partial charge in [0.25, 0.3) is 0 Å². The molecule has 0 N–H and O–H groups in total. The molecule has 0 saturated carbocycles. The van der Waals surface area contributed by atoms with Crippen molar-refractivity contribution < 1.29 is 0 Å². The first-order valence-electron chi connectivity index (χ1n) is 21.6. The van der Waals surface area contributed by atoms with Crippen LogP contribution in [-0.2, 0) is 0 Å². The topological polar surface area (TPSA) is 0 Å². The van der Waals surface area contributed by atoms with Crippen LogP contribution in [-0.4, -0.2) is 0 Å². The van der Waals surface area contributed by atoms with Crippen LogP contribution in [0.1, 0.15) is 0 Å². The van der Waals surface area contributed by atoms with Crippen molar-refractivity contribution in [1.82, 2.24) is 0 Å². The maximum absolute atomic E-state index is 2.44. The van der Waals surface area contributed by atoms with Crippen LogP contribution in [0.4, 0.5) is 0 Å². The van der Waals surface area contributed by atoms with Crippen molar-refractivity contribution in [3.05, 3.63) is 231 Å². The van der Waals surface area contributed by atoms with Crippen LogP contribution in [0.15, 0.2) is 231 Å². The van der Waals surface area contributed by atoms with E-state index in [0.29, 0.717) is 0 Å². The highest BCUT2D eigenvalue weighted by atomic mass is 14.3. The molecule has 0 spiro atoms. The van der Waals surface area contributed by atoms with Gasteiger partial charge < -0.3 is 0 Å². The van der Waals surface area contributed by atoms with Gasteiger partial charge in [0.2, 0.25) is 0 Å². The van der Waals surface area contributed by atoms with E-state index in [1.807, 2.05) is 0 Å². The Labute approximate surface area is 359 Å². The highest BCUT2D eigenvalue weighted by Gasteiger charge is 2.23. The summed E-state index contributed by atoms with van der Waals surface area (Å²) in [7, 11) is 0. The van der Waals surface area contributed by atoms with Gasteiger partial charge in [0.1, 0.15) is 0 Å². The predicted molar refractivity (Wildman–Crippen MR) is 268 cm³/mol. The highest BCUT2D eigenvalue weighted by Crippen LogP contribution is 2.51. The Balaban J connectivity index is 1.22. The molecule has 0 amide bonds. The van der Waals surface area contributed by atoms with Gasteiger partial charge in [-0.3, -0.25) is 0 Å². The predicted octanol–water partition coefficient (Wildman–Crippen LogP) is 17.6. The first kappa shape index (κ1) is 34.8. The first-order valence-corrected chi connectivity index (χ1v) is 21.6. The smallest absolute Gasteiger partial charge is 0.00197 e. The molecule has 0 aliphatic carbocycles. The fraction of sp³-hybridized carbons (Fsp3) is 0. The zero-order valence-electron chi connectivity index (χ0n) is 33.9. The summed E-state index contributed by atoms with van der Waals surface area (Å²) < 4.78 is 0. The quantitative estimate of drug-likeness (QED) is 0.123. The molecule has 62 heavy (non-hydrogen) atoms. The monoisotopic (exact) mass is 782 g/mol. The third-order valence-electron chi connectivity index (χ3n) is 13.3. The standard InChI is InChI=1S/C62H38/c1-5-17-39(18-6-1)57-51-33-29-47-48-30-34-52-58(40-19-7-2-8-20-40)60(42-23-11-4-12-24-42)54-36-44-26-14-16-28-46(44)38-56(54)62(52)50(48)32-31-49(47)61(51)55-37-45-27-15-13-25-43(45)35-53(55)59(57)41-21-9-3-10-22-41/h1-38H. The molecule has 0 aliphatic rings. The third-order valence-corrected chi connectivity index (χ3v) is 13.3. The second kappa shape index (κ2) is 13.7. The summed E-state index contributed by atoms with van der Waals surface area (Å²) in [4.78, 5) is 0. The first-order chi connectivity index (χ1) is 30.8. The summed E-state index contributed by atoms with van der Waals surface area (Å²) in [5.74, 6) is 0. The summed E-state index contributed by atoms with van der Waals surface area (Å²) in [6.45, 7) is 0. The van der Waals surface area contributed by atoms with E-state index >= 15 is 0 Å². The van der Waals surface area contributed by atoms with Gasteiger partial charge in [-0.25, -0.2) is 0 Å². The molecular weight excluding hydrogens is 745 g/mol. The fourth-order valence-electron chi connectivity index (χ4n) is 10.7. The van der Waals surface area contributed by atoms with Crippen LogP contribution < -0.4 is 0 Å². The molecule has 0 fully saturated rings. The molecule has 0 heterocycles. The van der Waals surface area contributed by atoms with E-state index < -0.39 is 0 Å². The van der Waals surface area contributed by atoms with E-state index in [1.165, 1.54) is 131 Å². The average Bonchev–Trinajstić information content (AvgIpc) is 3.34. The lowest BCUT2D eigenvalue weighted by molar-refractivity contribution is 1.63. The van der Waals surface area contributed by atoms with E-state index in [0.717, 1.165) is 0 Å². The van der Waals surface area contributed by atoms with Crippen molar-refractivity contribution in [1.29, 1.82) is 0 Å². The molecule has 0 radical (unpaired) electrons. The minimum absolute atomic E-state index is 1.22. The third kappa shape index (κ3) is 5.20. The van der Waals surface area contributed by atoms with Crippen molar-refractivity contribution in [2.75, 3.05) is 0 Å². The largest absolute Gasteiger partial charge is 0.0622 e. The normalized spacial score (nSPS) is 11.9. The minimum Gasteiger partial charge on any atom is -0.0622 e. The van der Waals surface area contributed by atoms with E-state index in [2.05, 4.69) is 231 Å². The molecule has 13 aromatic rings. The SMILES string of the molecule is c1ccc(-c2c(-c3ccccc3)c3ccc4c5ccc6c(-c7ccccc7)c(-c7ccccc7)c7cc8ccccc8cc7c6c5ccc4c3c3cc4ccccc4cc23)cc1. The van der Waals surface area contributed by atoms with Crippen LogP contribution in [0.25, 0.3) is 131 Å². The maximum atomic E-state index is 2.44. The molecule has 0 nitrogen and oxygen atoms in total. The lowest BCUT2D eigenvalue weighted by atomic mass is 9.81. The van der Waals surface area contributed by atoms with Gasteiger partial charge in [-0.1, -0.05) is 206 Å². The van der Waals surface area contributed by atoms with Crippen molar-refractivity contribution in [3.63, 3.8) is 0 Å². The maximum Gasteiger partial charge on any atom is -0.00197 e. The van der Waals surface area contributed by atoms with Gasteiger partial charge in [0.05, 0.1) is 0 Å². The van der Waals surface area contributed by atoms with Crippen molar-refractivity contribution in [3.8, 4) is 44.5 Å². The van der Waals surface area contributed by atoms with Crippen LogP contribution in [0.2, 0.25) is 0 Å². The number of hydrogen-bond acceptors (Lipinski definition) is 0. The van der Waals surface area contributed by atoms with Gasteiger partial charge in [0, 0.05) is 0 Å². The Bertz CT molecular complexity index is 3660. The Morgan fingerprint density at radius 2 is 0.403 bits per heavy atom. The Morgan fingerprint density at radius 1 is 0.161 bits per heavy atom. The zero-order valence-corrected chi connectivity index (χ0v) is 33.9. The van der Waals surface area contributed by atoms with Gasteiger partial charge in [-0.05, 0) is 155 Å². The van der Waals surface area contributed by atoms with Crippen LogP contribution >= 0.6 is 0 Å². The summed E-state index contributed by atoms with van der Waals surface area (Å²) in [6.07, 6.45) is 0. The van der Waals surface area contributed by atoms with E-state index in [4.69, 9.17) is 0 Å². The minimum atomic E-state index is 1.22. The second-order valence-electron chi connectivity index (χ2n) is 16.7. The summed E-state index contributed by atoms with van der Waals surface area (Å²) >= 11 is 0. The van der Waals surface area contributed by atoms with Gasteiger partial charge in [0.15, 0.2) is 0 Å². The zero-order chi connectivity index (χ0) is 40.7. The second-order valence-corrected chi connectivity index (χ2v) is 16.7. The average molecular weight is 783 g/mol. The Kier molecular flexibility index (Phi) is 7.71. The number of benzene rings is 13. The van der Waals surface area contributed by atoms with Crippen molar-refractivity contribution in [2.45, 2.75) is 0 Å². The van der Waals surface area contributed by atoms with Gasteiger partial charge >= 0.3 is 0 Å². The van der Waals surface area contributed by atoms with Gasteiger partial charge in [-0.15, -0.1) is 0 Å². The Hall–Kier alpha value is -8.06. The highest BCUT2D eigenvalue weighted by molar-refractivity contribution is 6.36. The fourth-order valence-corrected chi connectivity index (χ4v) is 10.7. The molecule has 0 bridgehead atoms. The molecule has 0 aromatic heterocycles. The summed E-state index contributed by atoms with van der Waals surface area (Å²) in [5, 5.41) is 20.3. The molecule has 0 aliphatic heterocycles. The molecule has 13 aromatic carbocycles. The van der Waals surface area contributed by atoms with Crippen LogP contribution in [0.5, 0.6) is 0 Å². The van der Waals surface area contributed by atoms with E-state index in [9.17, 15) is 0 Å². The lowest BCUT2D eigenvalue weighted by Gasteiger charge is -2.22. The van der Waals surface area contributed by atoms with Crippen molar-refractivity contribution >= 4 is 86.2 Å². The van der Waals surface area contributed by atoms with Gasteiger partial charge in [-0.2, -0.15) is 0 Å². The Morgan fingerprint density at radius 3 is 0.726 bits per heavy atom. The van der Waals surface area contributed by atoms with Crippen molar-refractivity contribution in [2.24, 2.45) is 0 Å². The molecule has 286 valence electrons. The molecule has 0 saturated heterocycles. The van der Waals surface area contributed by atoms with E-state index in [1.54, 1.807) is 0 Å². The molecule has 0 heteroatoms. The molecule has 0 atom stereocenters. The number of hydrogen-bond donors (Lipinski definition) is 0. The molecule has 0 unspecified atom stereocenters. The lowest BCUT2D eigenvalue weighted by Crippen LogP contribution is -1.94. The van der Waals surface area contributed by atoms with E-state index in [-0.39, 0.29) is 0 Å². The van der Waals surface area contributed by atoms with Crippen LogP contribution in [0, 0.1) is 0 Å². The molecule has 13 rings (SSSR count).